The Labute approximate surface area is 234 Å². The summed E-state index contributed by atoms with van der Waals surface area (Å²) in [7, 11) is 1.66. The van der Waals surface area contributed by atoms with Gasteiger partial charge in [0, 0.05) is 50.8 Å². The van der Waals surface area contributed by atoms with Gasteiger partial charge >= 0.3 is 5.97 Å². The average molecular weight is 550 g/mol. The van der Waals surface area contributed by atoms with Crippen molar-refractivity contribution < 1.29 is 33.6 Å². The molecule has 0 aromatic rings. The first-order valence-corrected chi connectivity index (χ1v) is 15.0. The highest BCUT2D eigenvalue weighted by molar-refractivity contribution is 5.91. The van der Waals surface area contributed by atoms with Crippen molar-refractivity contribution in [3.05, 3.63) is 11.1 Å². The van der Waals surface area contributed by atoms with Crippen molar-refractivity contribution in [1.82, 2.24) is 4.90 Å². The largest absolute Gasteiger partial charge is 0.454 e. The fraction of sp³-hybridized carbons (Fsp3) is 0.871. The maximum absolute atomic E-state index is 15.0. The molecule has 1 N–H and O–H groups in total. The first-order chi connectivity index (χ1) is 18.4. The predicted octanol–water partition coefficient (Wildman–Crippen LogP) is 3.93. The third kappa shape index (κ3) is 4.72. The molecule has 3 aliphatic carbocycles. The van der Waals surface area contributed by atoms with E-state index in [1.54, 1.807) is 7.11 Å². The van der Waals surface area contributed by atoms with Crippen LogP contribution in [0.15, 0.2) is 11.1 Å². The summed E-state index contributed by atoms with van der Waals surface area (Å²) in [5, 5.41) is 12.5. The molecule has 0 spiro atoms. The lowest BCUT2D eigenvalue weighted by Crippen LogP contribution is -2.77. The molecule has 2 bridgehead atoms. The van der Waals surface area contributed by atoms with Crippen LogP contribution in [0, 0.1) is 22.7 Å². The van der Waals surface area contributed by atoms with Gasteiger partial charge in [0.25, 0.3) is 0 Å². The summed E-state index contributed by atoms with van der Waals surface area (Å²) in [4.78, 5) is 29.8. The number of morpholine rings is 1. The van der Waals surface area contributed by atoms with E-state index in [9.17, 15) is 9.90 Å². The van der Waals surface area contributed by atoms with E-state index in [0.29, 0.717) is 38.9 Å². The van der Waals surface area contributed by atoms with Gasteiger partial charge in [0.2, 0.25) is 0 Å². The molecule has 0 aromatic heterocycles. The van der Waals surface area contributed by atoms with Crippen molar-refractivity contribution in [2.45, 2.75) is 104 Å². The fourth-order valence-electron chi connectivity index (χ4n) is 8.59. The third-order valence-corrected chi connectivity index (χ3v) is 10.9. The standard InChI is InChI=1S/C29H45NO7.C2H6/c1-18-7-9-28(33)16-21-27(5,22(34-6)15-23-29(21,17-36-23)37-19(2)31)25(32)20(24(18)26(28,3)4)8-10-30-11-13-35-14-12-30;1-2/h20-23,33H,7-17H2,1-6H3;1-2H3/t20-,21?,22+,23-,27+,28-,29-;/m1./s1. The van der Waals surface area contributed by atoms with Crippen LogP contribution < -0.4 is 0 Å². The van der Waals surface area contributed by atoms with Crippen LogP contribution in [0.1, 0.15) is 80.6 Å². The number of ketones is 1. The molecular weight excluding hydrogens is 498 g/mol. The van der Waals surface area contributed by atoms with E-state index in [0.717, 1.165) is 31.6 Å². The maximum Gasteiger partial charge on any atom is 0.303 e. The Kier molecular flexibility index (Phi) is 8.77. The molecule has 5 aliphatic rings. The SMILES string of the molecule is CC.CO[C@H]1C[C@H]2OC[C@@]2(OC(C)=O)C2C[C@]3(O)CCC(C)=C([C@@H](CCN4CCOCC4)C(=O)[C@@]21C)C3(C)C. The second kappa shape index (κ2) is 11.2. The van der Waals surface area contributed by atoms with Crippen molar-refractivity contribution in [2.75, 3.05) is 46.6 Å². The summed E-state index contributed by atoms with van der Waals surface area (Å²) >= 11 is 0. The first-order valence-electron chi connectivity index (χ1n) is 15.0. The Balaban J connectivity index is 0.00000172. The number of esters is 1. The number of carbonyl (C=O) groups excluding carboxylic acids is 2. The number of allylic oxidation sites excluding steroid dienone is 1. The molecule has 2 saturated heterocycles. The number of methoxy groups -OCH3 is 1. The summed E-state index contributed by atoms with van der Waals surface area (Å²) in [6.45, 7) is 18.0. The summed E-state index contributed by atoms with van der Waals surface area (Å²) in [6.07, 6.45) is 2.17. The lowest BCUT2D eigenvalue weighted by atomic mass is 9.44. The van der Waals surface area contributed by atoms with Gasteiger partial charge in [-0.25, -0.2) is 0 Å². The Morgan fingerprint density at radius 3 is 2.41 bits per heavy atom. The number of aliphatic hydroxyl groups is 1. The van der Waals surface area contributed by atoms with Gasteiger partial charge in [0.1, 0.15) is 11.9 Å². The second-order valence-corrected chi connectivity index (χ2v) is 12.9. The van der Waals surface area contributed by atoms with Crippen molar-refractivity contribution >= 4 is 11.8 Å². The van der Waals surface area contributed by atoms with Gasteiger partial charge in [-0.3, -0.25) is 14.5 Å². The minimum Gasteiger partial charge on any atom is -0.454 e. The van der Waals surface area contributed by atoms with E-state index in [1.807, 2.05) is 20.8 Å². The summed E-state index contributed by atoms with van der Waals surface area (Å²) < 4.78 is 23.6. The fourth-order valence-corrected chi connectivity index (χ4v) is 8.59. The topological polar surface area (TPSA) is 94.5 Å². The maximum atomic E-state index is 15.0. The molecular formula is C31H51NO7. The van der Waals surface area contributed by atoms with Crippen LogP contribution in [0.25, 0.3) is 0 Å². The highest BCUT2D eigenvalue weighted by Gasteiger charge is 2.73. The molecule has 4 fully saturated rings. The molecule has 7 atom stereocenters. The van der Waals surface area contributed by atoms with Crippen molar-refractivity contribution in [3.63, 3.8) is 0 Å². The molecule has 222 valence electrons. The van der Waals surface area contributed by atoms with Gasteiger partial charge in [0.05, 0.1) is 36.9 Å². The van der Waals surface area contributed by atoms with E-state index in [4.69, 9.17) is 18.9 Å². The molecule has 8 nitrogen and oxygen atoms in total. The number of fused-ring (bicyclic) bond motifs is 5. The highest BCUT2D eigenvalue weighted by atomic mass is 16.6. The molecule has 2 saturated carbocycles. The number of ether oxygens (including phenoxy) is 4. The van der Waals surface area contributed by atoms with Gasteiger partial charge in [-0.1, -0.05) is 38.8 Å². The number of hydrogen-bond acceptors (Lipinski definition) is 8. The molecule has 0 amide bonds. The van der Waals surface area contributed by atoms with E-state index >= 15 is 4.79 Å². The monoisotopic (exact) mass is 549 g/mol. The Morgan fingerprint density at radius 1 is 1.18 bits per heavy atom. The zero-order chi connectivity index (χ0) is 28.8. The summed E-state index contributed by atoms with van der Waals surface area (Å²) in [5.74, 6) is -0.983. The molecule has 39 heavy (non-hydrogen) atoms. The minimum atomic E-state index is -1.05. The average Bonchev–Trinajstić information content (AvgIpc) is 2.90. The van der Waals surface area contributed by atoms with Crippen molar-refractivity contribution in [2.24, 2.45) is 22.7 Å². The Hall–Kier alpha value is -1.32. The summed E-state index contributed by atoms with van der Waals surface area (Å²) in [6, 6.07) is 0. The normalized spacial score (nSPS) is 41.6. The zero-order valence-corrected chi connectivity index (χ0v) is 25.4. The quantitative estimate of drug-likeness (QED) is 0.407. The molecule has 1 unspecified atom stereocenters. The van der Waals surface area contributed by atoms with Gasteiger partial charge in [-0.15, -0.1) is 0 Å². The van der Waals surface area contributed by atoms with Gasteiger partial charge in [0.15, 0.2) is 5.60 Å². The van der Waals surface area contributed by atoms with Crippen LogP contribution in [-0.2, 0) is 28.5 Å². The van der Waals surface area contributed by atoms with Crippen LogP contribution in [0.4, 0.5) is 0 Å². The third-order valence-electron chi connectivity index (χ3n) is 10.9. The smallest absolute Gasteiger partial charge is 0.303 e. The second-order valence-electron chi connectivity index (χ2n) is 12.9. The van der Waals surface area contributed by atoms with E-state index < -0.39 is 34.1 Å². The summed E-state index contributed by atoms with van der Waals surface area (Å²) in [5.41, 5.74) is -1.19. The van der Waals surface area contributed by atoms with Crippen molar-refractivity contribution in [1.29, 1.82) is 0 Å². The molecule has 2 aliphatic heterocycles. The molecule has 2 heterocycles. The lowest BCUT2D eigenvalue weighted by Gasteiger charge is -2.66. The van der Waals surface area contributed by atoms with Crippen LogP contribution >= 0.6 is 0 Å². The molecule has 8 heteroatoms. The minimum absolute atomic E-state index is 0.154. The highest BCUT2D eigenvalue weighted by Crippen LogP contribution is 2.64. The molecule has 0 radical (unpaired) electrons. The van der Waals surface area contributed by atoms with Crippen LogP contribution in [0.5, 0.6) is 0 Å². The van der Waals surface area contributed by atoms with Crippen molar-refractivity contribution in [3.8, 4) is 0 Å². The first kappa shape index (κ1) is 30.6. The predicted molar refractivity (Wildman–Crippen MR) is 148 cm³/mol. The van der Waals surface area contributed by atoms with Crippen LogP contribution in [0.3, 0.4) is 0 Å². The number of Topliss-reactive ketones (excluding diaryl/α,β-unsaturated/α-hetero) is 1. The van der Waals surface area contributed by atoms with E-state index in [1.165, 1.54) is 12.5 Å². The Bertz CT molecular complexity index is 972. The van der Waals surface area contributed by atoms with Gasteiger partial charge < -0.3 is 24.1 Å². The Morgan fingerprint density at radius 2 is 1.85 bits per heavy atom. The van der Waals surface area contributed by atoms with Crippen LogP contribution in [-0.4, -0.2) is 91.7 Å². The van der Waals surface area contributed by atoms with Crippen LogP contribution in [0.2, 0.25) is 0 Å². The number of carbonyl (C=O) groups is 2. The molecule has 0 aromatic carbocycles. The number of hydrogen-bond donors (Lipinski definition) is 1. The van der Waals surface area contributed by atoms with Gasteiger partial charge in [-0.05, 0) is 46.1 Å². The number of rotatable bonds is 5. The lowest BCUT2D eigenvalue weighted by molar-refractivity contribution is -0.328. The van der Waals surface area contributed by atoms with Gasteiger partial charge in [-0.2, -0.15) is 0 Å². The number of nitrogens with zero attached hydrogens (tertiary/aromatic N) is 1. The molecule has 5 rings (SSSR count). The van der Waals surface area contributed by atoms with E-state index in [2.05, 4.69) is 25.7 Å². The van der Waals surface area contributed by atoms with E-state index in [-0.39, 0.29) is 30.4 Å². The zero-order valence-electron chi connectivity index (χ0n) is 25.4.